The van der Waals surface area contributed by atoms with E-state index in [0.29, 0.717) is 5.92 Å². The first-order valence-corrected chi connectivity index (χ1v) is 7.03. The van der Waals surface area contributed by atoms with Crippen LogP contribution in [0.15, 0.2) is 18.2 Å². The van der Waals surface area contributed by atoms with Crippen LogP contribution in [0.4, 0.5) is 0 Å². The SMILES string of the molecule is CC(C)C(CO)N(C)Cc1ccc2c(c1)CCC2. The van der Waals surface area contributed by atoms with E-state index in [0.717, 1.165) is 6.54 Å². The largest absolute Gasteiger partial charge is 0.395 e. The summed E-state index contributed by atoms with van der Waals surface area (Å²) in [5.41, 5.74) is 4.44. The van der Waals surface area contributed by atoms with Gasteiger partial charge in [0.25, 0.3) is 0 Å². The van der Waals surface area contributed by atoms with Crippen molar-refractivity contribution in [1.82, 2.24) is 4.90 Å². The number of nitrogens with zero attached hydrogens (tertiary/aromatic N) is 1. The minimum absolute atomic E-state index is 0.235. The Bertz CT molecular complexity index is 400. The number of fused-ring (bicyclic) bond motifs is 1. The summed E-state index contributed by atoms with van der Waals surface area (Å²) in [4.78, 5) is 2.27. The van der Waals surface area contributed by atoms with Gasteiger partial charge in [0.2, 0.25) is 0 Å². The Kier molecular flexibility index (Phi) is 4.41. The Morgan fingerprint density at radius 2 is 1.94 bits per heavy atom. The molecule has 0 amide bonds. The number of aliphatic hydroxyl groups is 1. The van der Waals surface area contributed by atoms with E-state index in [4.69, 9.17) is 0 Å². The van der Waals surface area contributed by atoms with Crippen LogP contribution < -0.4 is 0 Å². The van der Waals surface area contributed by atoms with Gasteiger partial charge in [-0.25, -0.2) is 0 Å². The average molecular weight is 247 g/mol. The molecule has 1 atom stereocenters. The second kappa shape index (κ2) is 5.85. The lowest BCUT2D eigenvalue weighted by molar-refractivity contribution is 0.108. The lowest BCUT2D eigenvalue weighted by atomic mass is 10.0. The van der Waals surface area contributed by atoms with Gasteiger partial charge >= 0.3 is 0 Å². The van der Waals surface area contributed by atoms with E-state index < -0.39 is 0 Å². The summed E-state index contributed by atoms with van der Waals surface area (Å²) in [6.07, 6.45) is 3.79. The molecule has 0 radical (unpaired) electrons. The van der Waals surface area contributed by atoms with E-state index in [-0.39, 0.29) is 12.6 Å². The third-order valence-corrected chi connectivity index (χ3v) is 4.12. The van der Waals surface area contributed by atoms with Gasteiger partial charge < -0.3 is 5.11 Å². The summed E-state index contributed by atoms with van der Waals surface area (Å²) in [6, 6.07) is 7.14. The molecule has 100 valence electrons. The van der Waals surface area contributed by atoms with Crippen molar-refractivity contribution in [2.75, 3.05) is 13.7 Å². The molecule has 1 aliphatic carbocycles. The van der Waals surface area contributed by atoms with E-state index in [1.54, 1.807) is 0 Å². The topological polar surface area (TPSA) is 23.5 Å². The number of benzene rings is 1. The van der Waals surface area contributed by atoms with Crippen molar-refractivity contribution in [3.63, 3.8) is 0 Å². The van der Waals surface area contributed by atoms with Crippen LogP contribution in [0.1, 0.15) is 37.0 Å². The molecular weight excluding hydrogens is 222 g/mol. The second-order valence-electron chi connectivity index (χ2n) is 5.87. The number of hydrogen-bond acceptors (Lipinski definition) is 2. The third-order valence-electron chi connectivity index (χ3n) is 4.12. The van der Waals surface area contributed by atoms with Crippen LogP contribution in [-0.2, 0) is 19.4 Å². The number of hydrogen-bond donors (Lipinski definition) is 1. The fraction of sp³-hybridized carbons (Fsp3) is 0.625. The molecule has 18 heavy (non-hydrogen) atoms. The van der Waals surface area contributed by atoms with E-state index in [9.17, 15) is 5.11 Å². The van der Waals surface area contributed by atoms with E-state index in [2.05, 4.69) is 44.0 Å². The molecule has 1 aromatic rings. The molecule has 1 aliphatic rings. The van der Waals surface area contributed by atoms with Crippen LogP contribution in [0.5, 0.6) is 0 Å². The number of rotatable bonds is 5. The summed E-state index contributed by atoms with van der Waals surface area (Å²) in [6.45, 7) is 5.50. The quantitative estimate of drug-likeness (QED) is 0.864. The van der Waals surface area contributed by atoms with Gasteiger partial charge in [-0.15, -0.1) is 0 Å². The van der Waals surface area contributed by atoms with Crippen LogP contribution in [0.3, 0.4) is 0 Å². The molecular formula is C16H25NO. The lowest BCUT2D eigenvalue weighted by Gasteiger charge is -2.29. The van der Waals surface area contributed by atoms with E-state index in [1.165, 1.54) is 36.0 Å². The molecule has 0 saturated carbocycles. The van der Waals surface area contributed by atoms with Crippen LogP contribution in [0.25, 0.3) is 0 Å². The molecule has 0 aliphatic heterocycles. The fourth-order valence-corrected chi connectivity index (χ4v) is 2.99. The van der Waals surface area contributed by atoms with Crippen molar-refractivity contribution in [3.05, 3.63) is 34.9 Å². The van der Waals surface area contributed by atoms with Crippen LogP contribution >= 0.6 is 0 Å². The monoisotopic (exact) mass is 247 g/mol. The van der Waals surface area contributed by atoms with Crippen molar-refractivity contribution in [1.29, 1.82) is 0 Å². The summed E-state index contributed by atoms with van der Waals surface area (Å²) >= 11 is 0. The molecule has 2 rings (SSSR count). The van der Waals surface area contributed by atoms with E-state index >= 15 is 0 Å². The summed E-state index contributed by atoms with van der Waals surface area (Å²) in [5, 5.41) is 9.46. The molecule has 0 heterocycles. The molecule has 2 nitrogen and oxygen atoms in total. The first-order chi connectivity index (χ1) is 8.61. The average Bonchev–Trinajstić information content (AvgIpc) is 2.76. The van der Waals surface area contributed by atoms with Gasteiger partial charge in [-0.2, -0.15) is 0 Å². The summed E-state index contributed by atoms with van der Waals surface area (Å²) < 4.78 is 0. The van der Waals surface area contributed by atoms with Crippen LogP contribution in [-0.4, -0.2) is 29.7 Å². The van der Waals surface area contributed by atoms with Gasteiger partial charge in [0.15, 0.2) is 0 Å². The highest BCUT2D eigenvalue weighted by molar-refractivity contribution is 5.35. The second-order valence-corrected chi connectivity index (χ2v) is 5.87. The first kappa shape index (κ1) is 13.6. The van der Waals surface area contributed by atoms with Gasteiger partial charge in [0.05, 0.1) is 6.61 Å². The standard InChI is InChI=1S/C16H25NO/c1-12(2)16(11-18)17(3)10-13-7-8-14-5-4-6-15(14)9-13/h7-9,12,16,18H,4-6,10-11H2,1-3H3. The highest BCUT2D eigenvalue weighted by Gasteiger charge is 2.18. The third kappa shape index (κ3) is 2.93. The molecule has 0 saturated heterocycles. The molecule has 0 spiro atoms. The zero-order chi connectivity index (χ0) is 13.1. The Labute approximate surface area is 111 Å². The van der Waals surface area contributed by atoms with Gasteiger partial charge in [-0.05, 0) is 48.9 Å². The molecule has 0 bridgehead atoms. The first-order valence-electron chi connectivity index (χ1n) is 7.03. The van der Waals surface area contributed by atoms with Crippen molar-refractivity contribution < 1.29 is 5.11 Å². The van der Waals surface area contributed by atoms with Crippen molar-refractivity contribution in [2.24, 2.45) is 5.92 Å². The number of likely N-dealkylation sites (N-methyl/N-ethyl adjacent to an activating group) is 1. The molecule has 1 aromatic carbocycles. The minimum Gasteiger partial charge on any atom is -0.395 e. The van der Waals surface area contributed by atoms with Crippen molar-refractivity contribution >= 4 is 0 Å². The maximum absolute atomic E-state index is 9.46. The maximum atomic E-state index is 9.46. The van der Waals surface area contributed by atoms with Crippen molar-refractivity contribution in [3.8, 4) is 0 Å². The molecule has 0 fully saturated rings. The highest BCUT2D eigenvalue weighted by atomic mass is 16.3. The summed E-state index contributed by atoms with van der Waals surface area (Å²) in [7, 11) is 2.11. The van der Waals surface area contributed by atoms with Crippen LogP contribution in [0, 0.1) is 5.92 Å². The highest BCUT2D eigenvalue weighted by Crippen LogP contribution is 2.23. The normalized spacial score (nSPS) is 16.3. The van der Waals surface area contributed by atoms with Gasteiger partial charge in [0, 0.05) is 12.6 Å². The Hall–Kier alpha value is -0.860. The lowest BCUT2D eigenvalue weighted by Crippen LogP contribution is -2.38. The minimum atomic E-state index is 0.235. The molecule has 1 N–H and O–H groups in total. The molecule has 0 aromatic heterocycles. The number of aliphatic hydroxyl groups excluding tert-OH is 1. The van der Waals surface area contributed by atoms with E-state index in [1.807, 2.05) is 0 Å². The predicted octanol–water partition coefficient (Wildman–Crippen LogP) is 2.62. The van der Waals surface area contributed by atoms with Crippen molar-refractivity contribution in [2.45, 2.75) is 45.7 Å². The predicted molar refractivity (Wildman–Crippen MR) is 75.6 cm³/mol. The van der Waals surface area contributed by atoms with Crippen LogP contribution in [0.2, 0.25) is 0 Å². The zero-order valence-electron chi connectivity index (χ0n) is 11.8. The van der Waals surface area contributed by atoms with Gasteiger partial charge in [0.1, 0.15) is 0 Å². The molecule has 1 unspecified atom stereocenters. The van der Waals surface area contributed by atoms with Gasteiger partial charge in [-0.3, -0.25) is 4.90 Å². The Morgan fingerprint density at radius 1 is 1.22 bits per heavy atom. The molecule has 2 heteroatoms. The Morgan fingerprint density at radius 3 is 2.61 bits per heavy atom. The summed E-state index contributed by atoms with van der Waals surface area (Å²) in [5.74, 6) is 0.481. The Balaban J connectivity index is 2.05. The fourth-order valence-electron chi connectivity index (χ4n) is 2.99. The maximum Gasteiger partial charge on any atom is 0.0589 e. The zero-order valence-corrected chi connectivity index (χ0v) is 11.8. The number of aryl methyl sites for hydroxylation is 2. The van der Waals surface area contributed by atoms with Gasteiger partial charge in [-0.1, -0.05) is 32.0 Å². The smallest absolute Gasteiger partial charge is 0.0589 e.